The van der Waals surface area contributed by atoms with E-state index in [9.17, 15) is 14.7 Å². The Bertz CT molecular complexity index is 2560. The van der Waals surface area contributed by atoms with Crippen LogP contribution in [0.15, 0.2) is 150 Å². The van der Waals surface area contributed by atoms with Crippen LogP contribution in [0.4, 0.5) is 38.9 Å². The van der Waals surface area contributed by atoms with Crippen LogP contribution in [-0.4, -0.2) is 17.0 Å². The van der Waals surface area contributed by atoms with Gasteiger partial charge in [0.15, 0.2) is 0 Å². The molecule has 0 aromatic heterocycles. The Balaban J connectivity index is 1.02. The number of hydrogen-bond acceptors (Lipinski definition) is 6. The summed E-state index contributed by atoms with van der Waals surface area (Å²) in [6, 6.07) is 44.3. The third kappa shape index (κ3) is 8.50. The van der Waals surface area contributed by atoms with Crippen LogP contribution in [0.1, 0.15) is 49.3 Å². The summed E-state index contributed by atoms with van der Waals surface area (Å²) in [4.78, 5) is 28.4. The van der Waals surface area contributed by atoms with Crippen molar-refractivity contribution in [1.29, 1.82) is 0 Å². The van der Waals surface area contributed by atoms with E-state index >= 15 is 0 Å². The van der Waals surface area contributed by atoms with Gasteiger partial charge in [0.25, 0.3) is 5.91 Å². The van der Waals surface area contributed by atoms with Crippen LogP contribution in [0.3, 0.4) is 0 Å². The van der Waals surface area contributed by atoms with E-state index in [0.29, 0.717) is 34.3 Å². The van der Waals surface area contributed by atoms with Crippen LogP contribution < -0.4 is 15.5 Å². The molecule has 0 aliphatic carbocycles. The second kappa shape index (κ2) is 16.1. The van der Waals surface area contributed by atoms with Crippen molar-refractivity contribution in [2.45, 2.75) is 41.0 Å². The fourth-order valence-corrected chi connectivity index (χ4v) is 6.54. The van der Waals surface area contributed by atoms with Gasteiger partial charge in [-0.2, -0.15) is 5.11 Å². The Morgan fingerprint density at radius 2 is 1.27 bits per heavy atom. The molecule has 3 amide bonds. The third-order valence-electron chi connectivity index (χ3n) is 10.0. The fourth-order valence-electron chi connectivity index (χ4n) is 6.54. The lowest BCUT2D eigenvalue weighted by Crippen LogP contribution is -2.34. The zero-order valence-electron chi connectivity index (χ0n) is 32.1. The summed E-state index contributed by atoms with van der Waals surface area (Å²) in [5, 5.41) is 25.6. The van der Waals surface area contributed by atoms with Gasteiger partial charge in [0.1, 0.15) is 11.4 Å². The van der Waals surface area contributed by atoms with E-state index in [2.05, 4.69) is 114 Å². The number of benzene rings is 7. The number of imide groups is 1. The summed E-state index contributed by atoms with van der Waals surface area (Å²) in [6.45, 7) is 10.5. The number of aryl methyl sites for hydroxylation is 5. The molecule has 0 unspecified atom stereocenters. The second-order valence-electron chi connectivity index (χ2n) is 14.2. The molecule has 56 heavy (non-hydrogen) atoms. The van der Waals surface area contributed by atoms with Crippen molar-refractivity contribution in [2.24, 2.45) is 10.2 Å². The molecular formula is C48H43N5O3. The second-order valence-corrected chi connectivity index (χ2v) is 14.2. The molecule has 278 valence electrons. The lowest BCUT2D eigenvalue weighted by molar-refractivity contribution is 0.0967. The number of phenols is 1. The maximum atomic E-state index is 13.1. The Labute approximate surface area is 327 Å². The zero-order valence-corrected chi connectivity index (χ0v) is 32.1. The first-order chi connectivity index (χ1) is 27.0. The van der Waals surface area contributed by atoms with E-state index in [1.807, 2.05) is 49.4 Å². The predicted octanol–water partition coefficient (Wildman–Crippen LogP) is 12.5. The summed E-state index contributed by atoms with van der Waals surface area (Å²) < 4.78 is 0. The number of nitrogens with zero attached hydrogens (tertiary/aromatic N) is 3. The van der Waals surface area contributed by atoms with Crippen molar-refractivity contribution in [3.8, 4) is 5.75 Å². The van der Waals surface area contributed by atoms with Gasteiger partial charge in [-0.1, -0.05) is 66.2 Å². The van der Waals surface area contributed by atoms with E-state index in [4.69, 9.17) is 0 Å². The number of hydrogen-bond donors (Lipinski definition) is 3. The minimum atomic E-state index is -0.646. The van der Waals surface area contributed by atoms with Crippen LogP contribution in [0.5, 0.6) is 5.75 Å². The molecular weight excluding hydrogens is 695 g/mol. The van der Waals surface area contributed by atoms with E-state index in [-0.39, 0.29) is 11.3 Å². The number of azo groups is 1. The molecule has 0 aliphatic rings. The van der Waals surface area contributed by atoms with E-state index in [0.717, 1.165) is 33.8 Å². The lowest BCUT2D eigenvalue weighted by atomic mass is 10.0. The van der Waals surface area contributed by atoms with E-state index in [1.54, 1.807) is 30.3 Å². The smallest absolute Gasteiger partial charge is 0.326 e. The first kappa shape index (κ1) is 37.3. The van der Waals surface area contributed by atoms with Crippen molar-refractivity contribution in [1.82, 2.24) is 5.32 Å². The Hall–Kier alpha value is -7.06. The molecule has 8 heteroatoms. The minimum absolute atomic E-state index is 0.0304. The third-order valence-corrected chi connectivity index (χ3v) is 10.0. The number of fused-ring (bicyclic) bond motifs is 1. The van der Waals surface area contributed by atoms with Crippen molar-refractivity contribution >= 4 is 56.8 Å². The zero-order chi connectivity index (χ0) is 39.3. The van der Waals surface area contributed by atoms with Crippen LogP contribution in [-0.2, 0) is 6.42 Å². The van der Waals surface area contributed by atoms with Crippen molar-refractivity contribution in [3.63, 3.8) is 0 Å². The molecule has 0 saturated heterocycles. The highest BCUT2D eigenvalue weighted by atomic mass is 16.3. The fraction of sp³-hybridized carbons (Fsp3) is 0.125. The number of carbonyl (C=O) groups is 2. The quantitative estimate of drug-likeness (QED) is 0.128. The van der Waals surface area contributed by atoms with Crippen LogP contribution in [0, 0.1) is 34.6 Å². The molecule has 7 aromatic carbocycles. The van der Waals surface area contributed by atoms with Crippen LogP contribution >= 0.6 is 0 Å². The number of rotatable bonds is 9. The monoisotopic (exact) mass is 737 g/mol. The molecule has 0 spiro atoms. The van der Waals surface area contributed by atoms with Crippen molar-refractivity contribution in [3.05, 3.63) is 184 Å². The Kier molecular flexibility index (Phi) is 10.7. The standard InChI is InChI=1S/C48H43N5O3/c1-30-9-17-39(18-10-30)51-52-46-44-23-15-38(29-37(44)16-24-45(46)54)47(55)50-48(56)49-40-8-6-7-36(28-40)27-35-13-21-41(22-14-35)53(42-19-11-31(2)33(4)25-42)43-20-12-32(3)34(5)26-43/h6-26,28-29,54H,27H2,1-5H3,(H2,49,50,55,56). The number of nitrogens with one attached hydrogen (secondary N) is 2. The number of urea groups is 1. The molecule has 7 rings (SSSR count). The van der Waals surface area contributed by atoms with Gasteiger partial charge >= 0.3 is 6.03 Å². The summed E-state index contributed by atoms with van der Waals surface area (Å²) in [5.74, 6) is -0.593. The normalized spacial score (nSPS) is 11.2. The highest BCUT2D eigenvalue weighted by molar-refractivity contribution is 6.10. The molecule has 3 N–H and O–H groups in total. The highest BCUT2D eigenvalue weighted by Crippen LogP contribution is 2.38. The van der Waals surface area contributed by atoms with Gasteiger partial charge in [0.05, 0.1) is 5.69 Å². The topological polar surface area (TPSA) is 106 Å². The number of anilines is 4. The first-order valence-corrected chi connectivity index (χ1v) is 18.5. The molecule has 0 fully saturated rings. The van der Waals surface area contributed by atoms with E-state index in [1.165, 1.54) is 28.3 Å². The summed E-state index contributed by atoms with van der Waals surface area (Å²) in [6.07, 6.45) is 0.656. The minimum Gasteiger partial charge on any atom is -0.506 e. The van der Waals surface area contributed by atoms with Gasteiger partial charge < -0.3 is 15.3 Å². The number of phenolic OH excluding ortho intramolecular Hbond substituents is 1. The van der Waals surface area contributed by atoms with Gasteiger partial charge in [-0.3, -0.25) is 10.1 Å². The molecule has 7 aromatic rings. The number of aromatic hydroxyl groups is 1. The number of amides is 3. The maximum absolute atomic E-state index is 13.1. The average molecular weight is 738 g/mol. The van der Waals surface area contributed by atoms with Gasteiger partial charge in [-0.15, -0.1) is 5.11 Å². The Morgan fingerprint density at radius 3 is 1.93 bits per heavy atom. The predicted molar refractivity (Wildman–Crippen MR) is 227 cm³/mol. The first-order valence-electron chi connectivity index (χ1n) is 18.5. The molecule has 0 aliphatic heterocycles. The lowest BCUT2D eigenvalue weighted by Gasteiger charge is -2.27. The summed E-state index contributed by atoms with van der Waals surface area (Å²) in [7, 11) is 0. The van der Waals surface area contributed by atoms with Crippen molar-refractivity contribution in [2.75, 3.05) is 10.2 Å². The van der Waals surface area contributed by atoms with Gasteiger partial charge in [0, 0.05) is 33.7 Å². The van der Waals surface area contributed by atoms with Gasteiger partial charge in [-0.05, 0) is 159 Å². The van der Waals surface area contributed by atoms with Gasteiger partial charge in [0.2, 0.25) is 0 Å². The molecule has 0 radical (unpaired) electrons. The maximum Gasteiger partial charge on any atom is 0.326 e. The van der Waals surface area contributed by atoms with Crippen LogP contribution in [0.2, 0.25) is 0 Å². The Morgan fingerprint density at radius 1 is 0.607 bits per heavy atom. The summed E-state index contributed by atoms with van der Waals surface area (Å²) >= 11 is 0. The number of carbonyl (C=O) groups excluding carboxylic acids is 2. The van der Waals surface area contributed by atoms with E-state index < -0.39 is 11.9 Å². The molecule has 0 atom stereocenters. The SMILES string of the molecule is Cc1ccc(N=Nc2c(O)ccc3cc(C(=O)NC(=O)Nc4cccc(Cc5ccc(N(c6ccc(C)c(C)c6)c6ccc(C)c(C)c6)cc5)c4)ccc23)cc1. The van der Waals surface area contributed by atoms with Crippen LogP contribution in [0.25, 0.3) is 10.8 Å². The molecule has 0 bridgehead atoms. The highest BCUT2D eigenvalue weighted by Gasteiger charge is 2.16. The van der Waals surface area contributed by atoms with Crippen molar-refractivity contribution < 1.29 is 14.7 Å². The van der Waals surface area contributed by atoms with Gasteiger partial charge in [-0.25, -0.2) is 4.79 Å². The molecule has 0 heterocycles. The molecule has 0 saturated carbocycles. The molecule has 8 nitrogen and oxygen atoms in total. The average Bonchev–Trinajstić information content (AvgIpc) is 3.18. The summed E-state index contributed by atoms with van der Waals surface area (Å²) in [5.41, 5.74) is 13.3. The largest absolute Gasteiger partial charge is 0.506 e.